The largest absolute Gasteiger partial charge is 0.228 e. The van der Waals surface area contributed by atoms with Crippen LogP contribution in [0.2, 0.25) is 26.3 Å². The van der Waals surface area contributed by atoms with Gasteiger partial charge in [-0.1, -0.05) is 363 Å². The summed E-state index contributed by atoms with van der Waals surface area (Å²) in [5, 5.41) is 3.68. The second-order valence-corrected chi connectivity index (χ2v) is 26.3. The van der Waals surface area contributed by atoms with Crippen LogP contribution in [0.1, 0.15) is 0 Å². The number of halogens is 5. The van der Waals surface area contributed by atoms with Crippen molar-refractivity contribution in [3.8, 4) is 136 Å². The fourth-order valence-corrected chi connectivity index (χ4v) is 12.5. The normalized spacial score (nSPS) is 10.6. The maximum Gasteiger partial charge on any atom is 0.226 e. The highest BCUT2D eigenvalue weighted by Gasteiger charge is 2.15. The van der Waals surface area contributed by atoms with Gasteiger partial charge in [-0.2, -0.15) is 29.9 Å². The van der Waals surface area contributed by atoms with Crippen LogP contribution >= 0.6 is 58.0 Å². The van der Waals surface area contributed by atoms with E-state index in [-0.39, 0.29) is 21.1 Å². The van der Waals surface area contributed by atoms with Crippen molar-refractivity contribution in [2.75, 3.05) is 0 Å². The van der Waals surface area contributed by atoms with Crippen LogP contribution in [0.5, 0.6) is 0 Å². The van der Waals surface area contributed by atoms with Crippen molar-refractivity contribution < 1.29 is 0 Å². The van der Waals surface area contributed by atoms with Gasteiger partial charge in [-0.3, -0.25) is 0 Å². The molecule has 0 unspecified atom stereocenters. The first-order valence-electron chi connectivity index (χ1n) is 35.1. The lowest BCUT2D eigenvalue weighted by atomic mass is 10.0. The molecule has 18 rings (SSSR count). The van der Waals surface area contributed by atoms with E-state index >= 15 is 0 Å². The first kappa shape index (κ1) is 74.6. The summed E-state index contributed by atoms with van der Waals surface area (Å²) < 4.78 is 0. The van der Waals surface area contributed by atoms with Crippen LogP contribution in [-0.2, 0) is 0 Å². The van der Waals surface area contributed by atoms with Crippen molar-refractivity contribution in [3.63, 3.8) is 0 Å². The Balaban J connectivity index is 0.000000116. The first-order valence-corrected chi connectivity index (χ1v) is 37.0. The fraction of sp³-hybridized carbons (Fsp3) is 0. The van der Waals surface area contributed by atoms with E-state index in [9.17, 15) is 0 Å². The summed E-state index contributed by atoms with van der Waals surface area (Å²) in [6.45, 7) is 0. The van der Waals surface area contributed by atoms with Gasteiger partial charge in [0, 0.05) is 61.7 Å². The average Bonchev–Trinajstić information content (AvgIpc) is 0.820. The Morgan fingerprint density at radius 3 is 0.784 bits per heavy atom. The van der Waals surface area contributed by atoms with Crippen molar-refractivity contribution in [1.29, 1.82) is 0 Å². The van der Waals surface area contributed by atoms with E-state index in [2.05, 4.69) is 144 Å². The molecule has 18 heteroatoms. The molecule has 111 heavy (non-hydrogen) atoms. The summed E-state index contributed by atoms with van der Waals surface area (Å²) in [5.74, 6) is 4.09. The standard InChI is InChI=1S/2C21H14ClN3.C20H13ClN2.C16H11ClN2.C15H10ClN3/c22-21-24-19(16-10-5-2-6-11-16)23-20(25-21)18-13-7-12-17(14-18)15-8-3-1-4-9-15;22-21-24-19(17-9-5-2-6-10-17)23-20(25-21)18-13-11-16(12-14-18)15-7-3-1-4-8-15;21-20-22-18(15-7-2-1-3-8-15)13-19(23-20)17-11-10-14-6-4-5-9-16(14)12-17;17-15-11-14(12-7-3-1-4-8-12)18-16(19-15)13-9-5-2-6-10-13;16-15-18-13(11-7-3-1-4-8-11)17-14(19-15)12-9-5-2-6-10-12/h2*1-14H;1-13H;1-11H;1-10H. The second kappa shape index (κ2) is 37.0. The van der Waals surface area contributed by atoms with Gasteiger partial charge in [-0.05, 0) is 97.6 Å². The van der Waals surface area contributed by atoms with E-state index in [0.29, 0.717) is 45.9 Å². The molecule has 13 aromatic carbocycles. The average molecular weight is 1540 g/mol. The zero-order chi connectivity index (χ0) is 75.9. The molecule has 534 valence electrons. The smallest absolute Gasteiger partial charge is 0.226 e. The molecule has 5 heterocycles. The topological polar surface area (TPSA) is 168 Å². The third-order valence-electron chi connectivity index (χ3n) is 17.0. The van der Waals surface area contributed by atoms with Crippen molar-refractivity contribution >= 4 is 68.8 Å². The Morgan fingerprint density at radius 1 is 0.135 bits per heavy atom. The number of nitrogens with zero attached hydrogens (tertiary/aromatic N) is 13. The van der Waals surface area contributed by atoms with Gasteiger partial charge < -0.3 is 0 Å². The maximum atomic E-state index is 6.15. The van der Waals surface area contributed by atoms with E-state index in [0.717, 1.165) is 89.4 Å². The van der Waals surface area contributed by atoms with Gasteiger partial charge in [0.25, 0.3) is 0 Å². The molecule has 0 amide bonds. The SMILES string of the molecule is Clc1cc(-c2ccccc2)nc(-c2ccccc2)n1.Clc1nc(-c2ccccc2)cc(-c2ccc3ccccc3c2)n1.Clc1nc(-c2ccccc2)nc(-c2ccc(-c3ccccc3)cc2)n1.Clc1nc(-c2ccccc2)nc(-c2cccc(-c3ccccc3)c2)n1.Clc1nc(-c2ccccc2)nc(-c2ccccc2)n1. The van der Waals surface area contributed by atoms with Gasteiger partial charge in [0.1, 0.15) is 5.15 Å². The Labute approximate surface area is 666 Å². The Morgan fingerprint density at radius 2 is 0.387 bits per heavy atom. The van der Waals surface area contributed by atoms with E-state index in [1.807, 2.05) is 291 Å². The molecule has 0 aliphatic carbocycles. The molecule has 0 atom stereocenters. The van der Waals surface area contributed by atoms with Crippen molar-refractivity contribution in [3.05, 3.63) is 402 Å². The van der Waals surface area contributed by atoms with Crippen molar-refractivity contribution in [2.24, 2.45) is 0 Å². The summed E-state index contributed by atoms with van der Waals surface area (Å²) in [6.07, 6.45) is 0. The monoisotopic (exact) mass is 1540 g/mol. The Kier molecular flexibility index (Phi) is 24.9. The van der Waals surface area contributed by atoms with Gasteiger partial charge in [0.05, 0.1) is 17.1 Å². The number of hydrogen-bond donors (Lipinski definition) is 0. The lowest BCUT2D eigenvalue weighted by Gasteiger charge is -2.07. The molecule has 0 aliphatic rings. The molecular weight excluding hydrogens is 1480 g/mol. The lowest BCUT2D eigenvalue weighted by molar-refractivity contribution is 1.07. The van der Waals surface area contributed by atoms with E-state index in [1.165, 1.54) is 16.3 Å². The Bertz CT molecular complexity index is 5820. The molecule has 0 radical (unpaired) electrons. The molecule has 0 saturated heterocycles. The minimum atomic E-state index is 0.189. The number of hydrogen-bond acceptors (Lipinski definition) is 13. The molecule has 0 N–H and O–H groups in total. The summed E-state index contributed by atoms with van der Waals surface area (Å²) in [6, 6.07) is 124. The fourth-order valence-electron chi connectivity index (χ4n) is 11.6. The highest BCUT2D eigenvalue weighted by molar-refractivity contribution is 6.30. The molecular formula is C93H62Cl5N13. The third kappa shape index (κ3) is 20.3. The number of aromatic nitrogens is 13. The van der Waals surface area contributed by atoms with Crippen LogP contribution in [0, 0.1) is 0 Å². The molecule has 0 spiro atoms. The summed E-state index contributed by atoms with van der Waals surface area (Å²) in [4.78, 5) is 56.7. The molecule has 13 nitrogen and oxygen atoms in total. The lowest BCUT2D eigenvalue weighted by Crippen LogP contribution is -1.97. The van der Waals surface area contributed by atoms with Crippen molar-refractivity contribution in [1.82, 2.24) is 64.8 Å². The van der Waals surface area contributed by atoms with E-state index in [1.54, 1.807) is 6.07 Å². The minimum Gasteiger partial charge on any atom is -0.228 e. The highest BCUT2D eigenvalue weighted by atomic mass is 35.5. The number of benzene rings is 13. The van der Waals surface area contributed by atoms with Crippen LogP contribution in [0.3, 0.4) is 0 Å². The predicted molar refractivity (Wildman–Crippen MR) is 451 cm³/mol. The van der Waals surface area contributed by atoms with Crippen molar-refractivity contribution in [2.45, 2.75) is 0 Å². The van der Waals surface area contributed by atoms with Crippen LogP contribution < -0.4 is 0 Å². The highest BCUT2D eigenvalue weighted by Crippen LogP contribution is 2.32. The number of rotatable bonds is 12. The van der Waals surface area contributed by atoms with Gasteiger partial charge in [0.2, 0.25) is 21.1 Å². The van der Waals surface area contributed by atoms with Gasteiger partial charge in [-0.25, -0.2) is 34.9 Å². The van der Waals surface area contributed by atoms with Crippen LogP contribution in [0.4, 0.5) is 0 Å². The summed E-state index contributed by atoms with van der Waals surface area (Å²) in [7, 11) is 0. The molecule has 18 aromatic rings. The van der Waals surface area contributed by atoms with E-state index in [4.69, 9.17) is 58.0 Å². The van der Waals surface area contributed by atoms with Crippen LogP contribution in [-0.4, -0.2) is 64.8 Å². The van der Waals surface area contributed by atoms with Gasteiger partial charge >= 0.3 is 0 Å². The quantitative estimate of drug-likeness (QED) is 0.0838. The Hall–Kier alpha value is -13.2. The maximum absolute atomic E-state index is 6.15. The second-order valence-electron chi connectivity index (χ2n) is 24.6. The van der Waals surface area contributed by atoms with E-state index < -0.39 is 0 Å². The minimum absolute atomic E-state index is 0.189. The molecule has 0 aliphatic heterocycles. The van der Waals surface area contributed by atoms with Gasteiger partial charge in [-0.15, -0.1) is 0 Å². The van der Waals surface area contributed by atoms with Crippen LogP contribution in [0.25, 0.3) is 147 Å². The summed E-state index contributed by atoms with van der Waals surface area (Å²) >= 11 is 30.5. The molecule has 0 fully saturated rings. The first-order chi connectivity index (χ1) is 54.5. The predicted octanol–water partition coefficient (Wildman–Crippen LogP) is 25.0. The number of fused-ring (bicyclic) bond motifs is 1. The zero-order valence-electron chi connectivity index (χ0n) is 59.0. The van der Waals surface area contributed by atoms with Gasteiger partial charge in [0.15, 0.2) is 40.8 Å². The van der Waals surface area contributed by atoms with Crippen LogP contribution in [0.15, 0.2) is 376 Å². The molecule has 5 aromatic heterocycles. The molecule has 0 saturated carbocycles. The molecule has 0 bridgehead atoms. The third-order valence-corrected chi connectivity index (χ3v) is 17.9. The summed E-state index contributed by atoms with van der Waals surface area (Å²) in [5.41, 5.74) is 16.6. The zero-order valence-corrected chi connectivity index (χ0v) is 62.8.